The highest BCUT2D eigenvalue weighted by atomic mass is 16.5. The largest absolute Gasteiger partial charge is 0.475 e. The summed E-state index contributed by atoms with van der Waals surface area (Å²) in [5, 5.41) is 12.5. The smallest absolute Gasteiger partial charge is 0.372 e. The molecule has 1 atom stereocenters. The number of furan rings is 1. The fourth-order valence-electron chi connectivity index (χ4n) is 1.87. The number of para-hydroxylation sites is 1. The molecule has 0 aliphatic rings. The lowest BCUT2D eigenvalue weighted by Crippen LogP contribution is -2.33. The highest BCUT2D eigenvalue weighted by Crippen LogP contribution is 2.25. The van der Waals surface area contributed by atoms with E-state index in [1.165, 1.54) is 7.11 Å². The van der Waals surface area contributed by atoms with Crippen molar-refractivity contribution in [1.29, 1.82) is 0 Å². The van der Waals surface area contributed by atoms with Crippen molar-refractivity contribution in [2.45, 2.75) is 19.6 Å². The zero-order chi connectivity index (χ0) is 14.7. The summed E-state index contributed by atoms with van der Waals surface area (Å²) in [6.45, 7) is 1.69. The average molecular weight is 277 g/mol. The molecule has 2 aromatic rings. The van der Waals surface area contributed by atoms with Crippen LogP contribution in [0.5, 0.6) is 0 Å². The number of carboxylic acid groups (broad SMARTS) is 1. The molecule has 1 heterocycles. The molecule has 6 heteroatoms. The topological polar surface area (TPSA) is 88.8 Å². The van der Waals surface area contributed by atoms with Gasteiger partial charge in [0, 0.05) is 24.6 Å². The number of carbonyl (C=O) groups excluding carboxylic acids is 1. The minimum Gasteiger partial charge on any atom is -0.475 e. The van der Waals surface area contributed by atoms with Crippen LogP contribution in [0.4, 0.5) is 0 Å². The van der Waals surface area contributed by atoms with Gasteiger partial charge in [0.25, 0.3) is 0 Å². The van der Waals surface area contributed by atoms with E-state index in [1.807, 2.05) is 0 Å². The monoisotopic (exact) mass is 277 g/mol. The molecule has 0 aliphatic carbocycles. The van der Waals surface area contributed by atoms with Gasteiger partial charge in [-0.15, -0.1) is 0 Å². The first-order chi connectivity index (χ1) is 9.54. The molecule has 2 N–H and O–H groups in total. The van der Waals surface area contributed by atoms with Gasteiger partial charge in [0.15, 0.2) is 0 Å². The van der Waals surface area contributed by atoms with E-state index in [2.05, 4.69) is 5.32 Å². The molecule has 1 aromatic heterocycles. The summed E-state index contributed by atoms with van der Waals surface area (Å²) in [5.74, 6) is -1.63. The van der Waals surface area contributed by atoms with Crippen LogP contribution in [0, 0.1) is 0 Å². The lowest BCUT2D eigenvalue weighted by Gasteiger charge is -2.10. The minimum atomic E-state index is -1.16. The van der Waals surface area contributed by atoms with Crippen LogP contribution in [0.1, 0.15) is 23.0 Å². The molecule has 0 spiro atoms. The second kappa shape index (κ2) is 5.75. The molecule has 1 unspecified atom stereocenters. The SMILES string of the molecule is COC(C)C(=O)NCc1c(C(=O)O)oc2ccccc12. The van der Waals surface area contributed by atoms with E-state index in [1.54, 1.807) is 31.2 Å². The van der Waals surface area contributed by atoms with E-state index in [0.717, 1.165) is 0 Å². The summed E-state index contributed by atoms with van der Waals surface area (Å²) in [5.41, 5.74) is 0.929. The van der Waals surface area contributed by atoms with Crippen molar-refractivity contribution in [1.82, 2.24) is 5.32 Å². The Labute approximate surface area is 115 Å². The van der Waals surface area contributed by atoms with E-state index in [9.17, 15) is 9.59 Å². The summed E-state index contributed by atoms with van der Waals surface area (Å²) in [7, 11) is 1.43. The number of hydrogen-bond donors (Lipinski definition) is 2. The van der Waals surface area contributed by atoms with Crippen molar-refractivity contribution in [2.24, 2.45) is 0 Å². The Bertz CT molecular complexity index is 646. The number of aromatic carboxylic acids is 1. The first kappa shape index (κ1) is 14.1. The molecule has 0 radical (unpaired) electrons. The number of fused-ring (bicyclic) bond motifs is 1. The van der Waals surface area contributed by atoms with Crippen molar-refractivity contribution in [3.05, 3.63) is 35.6 Å². The first-order valence-corrected chi connectivity index (χ1v) is 6.08. The number of ether oxygens (including phenoxy) is 1. The van der Waals surface area contributed by atoms with Crippen LogP contribution in [0.15, 0.2) is 28.7 Å². The highest BCUT2D eigenvalue weighted by molar-refractivity contribution is 5.95. The van der Waals surface area contributed by atoms with Crippen LogP contribution in [-0.2, 0) is 16.1 Å². The Balaban J connectivity index is 2.30. The van der Waals surface area contributed by atoms with Crippen LogP contribution >= 0.6 is 0 Å². The third-order valence-corrected chi connectivity index (χ3v) is 3.05. The second-order valence-electron chi connectivity index (χ2n) is 4.31. The number of methoxy groups -OCH3 is 1. The Kier molecular flexibility index (Phi) is 4.05. The molecule has 1 aromatic carbocycles. The number of benzene rings is 1. The molecule has 0 bridgehead atoms. The van der Waals surface area contributed by atoms with E-state index < -0.39 is 12.1 Å². The van der Waals surface area contributed by atoms with E-state index in [4.69, 9.17) is 14.3 Å². The maximum atomic E-state index is 11.7. The first-order valence-electron chi connectivity index (χ1n) is 6.08. The van der Waals surface area contributed by atoms with Gasteiger partial charge < -0.3 is 19.6 Å². The molecule has 0 aliphatic heterocycles. The van der Waals surface area contributed by atoms with Gasteiger partial charge in [-0.25, -0.2) is 4.79 Å². The van der Waals surface area contributed by atoms with Gasteiger partial charge in [-0.1, -0.05) is 18.2 Å². The second-order valence-corrected chi connectivity index (χ2v) is 4.31. The summed E-state index contributed by atoms with van der Waals surface area (Å²) in [6, 6.07) is 6.98. The normalized spacial score (nSPS) is 12.3. The van der Waals surface area contributed by atoms with E-state index >= 15 is 0 Å². The highest BCUT2D eigenvalue weighted by Gasteiger charge is 2.21. The molecule has 0 saturated carbocycles. The lowest BCUT2D eigenvalue weighted by molar-refractivity contribution is -0.130. The number of carboxylic acids is 1. The summed E-state index contributed by atoms with van der Waals surface area (Å²) >= 11 is 0. The van der Waals surface area contributed by atoms with Gasteiger partial charge in [-0.3, -0.25) is 4.79 Å². The third kappa shape index (κ3) is 2.65. The predicted molar refractivity (Wildman–Crippen MR) is 71.5 cm³/mol. The number of rotatable bonds is 5. The zero-order valence-electron chi connectivity index (χ0n) is 11.2. The van der Waals surface area contributed by atoms with Crippen molar-refractivity contribution in [3.8, 4) is 0 Å². The van der Waals surface area contributed by atoms with Crippen molar-refractivity contribution >= 4 is 22.8 Å². The fourth-order valence-corrected chi connectivity index (χ4v) is 1.87. The van der Waals surface area contributed by atoms with Crippen LogP contribution in [0.2, 0.25) is 0 Å². The molecule has 0 fully saturated rings. The quantitative estimate of drug-likeness (QED) is 0.869. The maximum Gasteiger partial charge on any atom is 0.372 e. The van der Waals surface area contributed by atoms with Gasteiger partial charge in [0.05, 0.1) is 0 Å². The molecule has 20 heavy (non-hydrogen) atoms. The van der Waals surface area contributed by atoms with E-state index in [-0.39, 0.29) is 18.2 Å². The molecule has 1 amide bonds. The van der Waals surface area contributed by atoms with Gasteiger partial charge in [0.2, 0.25) is 11.7 Å². The Morgan fingerprint density at radius 3 is 2.75 bits per heavy atom. The standard InChI is InChI=1S/C14H15NO5/c1-8(19-2)13(16)15-7-10-9-5-3-4-6-11(9)20-12(10)14(17)18/h3-6,8H,7H2,1-2H3,(H,15,16)(H,17,18). The third-order valence-electron chi connectivity index (χ3n) is 3.05. The Morgan fingerprint density at radius 1 is 1.40 bits per heavy atom. The number of carbonyl (C=O) groups is 2. The van der Waals surface area contributed by atoms with Crippen LogP contribution in [-0.4, -0.2) is 30.2 Å². The summed E-state index contributed by atoms with van der Waals surface area (Å²) < 4.78 is 10.2. The van der Waals surface area contributed by atoms with E-state index in [0.29, 0.717) is 16.5 Å². The molecule has 2 rings (SSSR count). The van der Waals surface area contributed by atoms with Crippen LogP contribution in [0.25, 0.3) is 11.0 Å². The summed E-state index contributed by atoms with van der Waals surface area (Å²) in [6.07, 6.45) is -0.596. The van der Waals surface area contributed by atoms with Gasteiger partial charge >= 0.3 is 5.97 Å². The van der Waals surface area contributed by atoms with Crippen LogP contribution < -0.4 is 5.32 Å². The van der Waals surface area contributed by atoms with Crippen molar-refractivity contribution in [2.75, 3.05) is 7.11 Å². The molecule has 6 nitrogen and oxygen atoms in total. The fraction of sp³-hybridized carbons (Fsp3) is 0.286. The Hall–Kier alpha value is -2.34. The summed E-state index contributed by atoms with van der Waals surface area (Å²) in [4.78, 5) is 22.9. The van der Waals surface area contributed by atoms with Crippen molar-refractivity contribution in [3.63, 3.8) is 0 Å². The lowest BCUT2D eigenvalue weighted by atomic mass is 10.1. The number of amides is 1. The number of hydrogen-bond acceptors (Lipinski definition) is 4. The predicted octanol–water partition coefficient (Wildman–Crippen LogP) is 1.78. The maximum absolute atomic E-state index is 11.7. The number of nitrogens with one attached hydrogen (secondary N) is 1. The average Bonchev–Trinajstić information content (AvgIpc) is 2.82. The zero-order valence-corrected chi connectivity index (χ0v) is 11.2. The van der Waals surface area contributed by atoms with Gasteiger partial charge in [-0.05, 0) is 13.0 Å². The van der Waals surface area contributed by atoms with Gasteiger partial charge in [0.1, 0.15) is 11.7 Å². The molecule has 0 saturated heterocycles. The molecular weight excluding hydrogens is 262 g/mol. The minimum absolute atomic E-state index is 0.0746. The Morgan fingerprint density at radius 2 is 2.10 bits per heavy atom. The van der Waals surface area contributed by atoms with Crippen molar-refractivity contribution < 1.29 is 23.8 Å². The molecule has 106 valence electrons. The van der Waals surface area contributed by atoms with Gasteiger partial charge in [-0.2, -0.15) is 0 Å². The molecular formula is C14H15NO5. The van der Waals surface area contributed by atoms with Crippen LogP contribution in [0.3, 0.4) is 0 Å².